The Labute approximate surface area is 192 Å². The molecule has 1 aliphatic heterocycles. The van der Waals surface area contributed by atoms with Crippen LogP contribution in [0.1, 0.15) is 30.1 Å². The van der Waals surface area contributed by atoms with Crippen LogP contribution in [0.5, 0.6) is 0 Å². The Kier molecular flexibility index (Phi) is 6.30. The van der Waals surface area contributed by atoms with Gasteiger partial charge in [0.05, 0.1) is 5.69 Å². The maximum Gasteiger partial charge on any atom is 0.134 e. The van der Waals surface area contributed by atoms with Gasteiger partial charge in [0, 0.05) is 54.6 Å². The summed E-state index contributed by atoms with van der Waals surface area (Å²) in [7, 11) is 0. The van der Waals surface area contributed by atoms with Crippen LogP contribution >= 0.6 is 0 Å². The van der Waals surface area contributed by atoms with Gasteiger partial charge in [-0.3, -0.25) is 14.9 Å². The fourth-order valence-electron chi connectivity index (χ4n) is 4.19. The van der Waals surface area contributed by atoms with Crippen molar-refractivity contribution in [3.63, 3.8) is 0 Å². The van der Waals surface area contributed by atoms with E-state index in [0.717, 1.165) is 49.6 Å². The third kappa shape index (κ3) is 5.38. The van der Waals surface area contributed by atoms with Crippen LogP contribution in [0.2, 0.25) is 0 Å². The second kappa shape index (κ2) is 9.83. The molecule has 0 atom stereocenters. The first kappa shape index (κ1) is 21.2. The number of nitrogens with zero attached hydrogens (tertiary/aromatic N) is 5. The van der Waals surface area contributed by atoms with Crippen molar-refractivity contribution in [1.82, 2.24) is 24.8 Å². The van der Waals surface area contributed by atoms with Gasteiger partial charge in [-0.05, 0) is 67.9 Å². The zero-order valence-electron chi connectivity index (χ0n) is 18.2. The van der Waals surface area contributed by atoms with E-state index >= 15 is 0 Å². The summed E-state index contributed by atoms with van der Waals surface area (Å²) in [6.07, 6.45) is 9.24. The molecule has 0 amide bonds. The second-order valence-corrected chi connectivity index (χ2v) is 8.29. The molecule has 3 aromatic heterocycles. The van der Waals surface area contributed by atoms with Gasteiger partial charge in [-0.25, -0.2) is 14.4 Å². The number of benzene rings is 1. The van der Waals surface area contributed by atoms with Crippen LogP contribution in [0.15, 0.2) is 79.4 Å². The summed E-state index contributed by atoms with van der Waals surface area (Å²) in [5.41, 5.74) is 3.62. The fourth-order valence-corrected chi connectivity index (χ4v) is 4.19. The van der Waals surface area contributed by atoms with Crippen LogP contribution in [0.4, 0.5) is 15.9 Å². The fraction of sp³-hybridized carbons (Fsp3) is 0.231. The van der Waals surface area contributed by atoms with Gasteiger partial charge in [-0.15, -0.1) is 0 Å². The van der Waals surface area contributed by atoms with E-state index < -0.39 is 0 Å². The zero-order valence-corrected chi connectivity index (χ0v) is 18.2. The molecule has 4 heterocycles. The molecular formula is C26H25FN6. The zero-order chi connectivity index (χ0) is 22.5. The smallest absolute Gasteiger partial charge is 0.134 e. The molecule has 1 saturated heterocycles. The molecule has 0 radical (unpaired) electrons. The molecule has 4 aromatic rings. The molecule has 0 saturated carbocycles. The van der Waals surface area contributed by atoms with Crippen molar-refractivity contribution >= 4 is 11.5 Å². The van der Waals surface area contributed by atoms with Gasteiger partial charge >= 0.3 is 0 Å². The molecule has 0 spiro atoms. The first-order valence-corrected chi connectivity index (χ1v) is 11.2. The van der Waals surface area contributed by atoms with Gasteiger partial charge in [0.25, 0.3) is 0 Å². The highest BCUT2D eigenvalue weighted by atomic mass is 19.1. The molecule has 33 heavy (non-hydrogen) atoms. The van der Waals surface area contributed by atoms with Crippen molar-refractivity contribution in [2.45, 2.75) is 25.3 Å². The number of pyridine rings is 2. The lowest BCUT2D eigenvalue weighted by atomic mass is 9.95. The second-order valence-electron chi connectivity index (χ2n) is 8.29. The van der Waals surface area contributed by atoms with Crippen LogP contribution in [0.3, 0.4) is 0 Å². The number of piperidine rings is 1. The van der Waals surface area contributed by atoms with E-state index in [2.05, 4.69) is 26.3 Å². The summed E-state index contributed by atoms with van der Waals surface area (Å²) < 4.78 is 13.7. The number of likely N-dealkylation sites (tertiary alicyclic amines) is 1. The Morgan fingerprint density at radius 2 is 1.73 bits per heavy atom. The SMILES string of the molecule is Fc1cccc(Nc2cc(-c3cccnc3)nc(C3CCN(Cc4cccnc4)CC3)n2)c1. The maximum absolute atomic E-state index is 13.7. The molecule has 0 unspecified atom stereocenters. The van der Waals surface area contributed by atoms with Crippen molar-refractivity contribution < 1.29 is 4.39 Å². The largest absolute Gasteiger partial charge is 0.340 e. The van der Waals surface area contributed by atoms with Gasteiger partial charge in [0.15, 0.2) is 0 Å². The Morgan fingerprint density at radius 3 is 2.45 bits per heavy atom. The molecule has 166 valence electrons. The molecule has 0 aliphatic carbocycles. The van der Waals surface area contributed by atoms with Crippen molar-refractivity contribution in [3.8, 4) is 11.3 Å². The van der Waals surface area contributed by atoms with Crippen LogP contribution in [0, 0.1) is 5.82 Å². The molecule has 5 rings (SSSR count). The van der Waals surface area contributed by atoms with Gasteiger partial charge < -0.3 is 5.32 Å². The molecular weight excluding hydrogens is 415 g/mol. The van der Waals surface area contributed by atoms with E-state index in [0.29, 0.717) is 11.5 Å². The maximum atomic E-state index is 13.7. The number of aromatic nitrogens is 4. The van der Waals surface area contributed by atoms with E-state index in [1.807, 2.05) is 36.5 Å². The van der Waals surface area contributed by atoms with Crippen molar-refractivity contribution in [2.75, 3.05) is 18.4 Å². The monoisotopic (exact) mass is 440 g/mol. The van der Waals surface area contributed by atoms with E-state index in [9.17, 15) is 4.39 Å². The molecule has 1 aliphatic rings. The van der Waals surface area contributed by atoms with E-state index in [1.54, 1.807) is 24.7 Å². The molecule has 1 aromatic carbocycles. The highest BCUT2D eigenvalue weighted by Gasteiger charge is 2.24. The lowest BCUT2D eigenvalue weighted by molar-refractivity contribution is 0.201. The highest BCUT2D eigenvalue weighted by molar-refractivity contribution is 5.65. The predicted octanol–water partition coefficient (Wildman–Crippen LogP) is 5.20. The van der Waals surface area contributed by atoms with Crippen LogP contribution < -0.4 is 5.32 Å². The van der Waals surface area contributed by atoms with Crippen LogP contribution in [-0.4, -0.2) is 37.9 Å². The number of hydrogen-bond donors (Lipinski definition) is 1. The normalized spacial score (nSPS) is 14.8. The first-order valence-electron chi connectivity index (χ1n) is 11.2. The third-order valence-electron chi connectivity index (χ3n) is 5.88. The molecule has 0 bridgehead atoms. The molecule has 1 N–H and O–H groups in total. The van der Waals surface area contributed by atoms with E-state index in [-0.39, 0.29) is 11.7 Å². The lowest BCUT2D eigenvalue weighted by Crippen LogP contribution is -2.33. The average Bonchev–Trinajstić information content (AvgIpc) is 2.85. The highest BCUT2D eigenvalue weighted by Crippen LogP contribution is 2.30. The minimum Gasteiger partial charge on any atom is -0.340 e. The summed E-state index contributed by atoms with van der Waals surface area (Å²) >= 11 is 0. The van der Waals surface area contributed by atoms with E-state index in [1.165, 1.54) is 17.7 Å². The minimum atomic E-state index is -0.289. The molecule has 6 nitrogen and oxygen atoms in total. The number of anilines is 2. The van der Waals surface area contributed by atoms with Crippen LogP contribution in [-0.2, 0) is 6.54 Å². The van der Waals surface area contributed by atoms with Crippen molar-refractivity contribution in [1.29, 1.82) is 0 Å². The van der Waals surface area contributed by atoms with Crippen molar-refractivity contribution in [3.05, 3.63) is 96.6 Å². The minimum absolute atomic E-state index is 0.264. The number of rotatable bonds is 6. The van der Waals surface area contributed by atoms with Crippen molar-refractivity contribution in [2.24, 2.45) is 0 Å². The summed E-state index contributed by atoms with van der Waals surface area (Å²) in [5, 5.41) is 3.25. The van der Waals surface area contributed by atoms with Gasteiger partial charge in [0.1, 0.15) is 17.5 Å². The summed E-state index contributed by atoms with van der Waals surface area (Å²) in [4.78, 5) is 20.6. The Morgan fingerprint density at radius 1 is 0.909 bits per heavy atom. The quantitative estimate of drug-likeness (QED) is 0.445. The first-order chi connectivity index (χ1) is 16.2. The Hall–Kier alpha value is -3.71. The summed E-state index contributed by atoms with van der Waals surface area (Å²) in [5.74, 6) is 1.45. The predicted molar refractivity (Wildman–Crippen MR) is 126 cm³/mol. The summed E-state index contributed by atoms with van der Waals surface area (Å²) in [6, 6.07) is 16.3. The third-order valence-corrected chi connectivity index (χ3v) is 5.88. The number of hydrogen-bond acceptors (Lipinski definition) is 6. The topological polar surface area (TPSA) is 66.8 Å². The molecule has 1 fully saturated rings. The Balaban J connectivity index is 1.37. The standard InChI is InChI=1S/C26H25FN6/c27-22-6-1-7-23(14-22)30-25-15-24(21-5-3-11-29-17-21)31-26(32-25)20-8-12-33(13-9-20)18-19-4-2-10-28-16-19/h1-7,10-11,14-17,20H,8-9,12-13,18H2,(H,30,31,32). The van der Waals surface area contributed by atoms with Gasteiger partial charge in [-0.2, -0.15) is 0 Å². The lowest BCUT2D eigenvalue weighted by Gasteiger charge is -2.31. The van der Waals surface area contributed by atoms with Crippen LogP contribution in [0.25, 0.3) is 11.3 Å². The average molecular weight is 441 g/mol. The Bertz CT molecular complexity index is 1190. The number of nitrogens with one attached hydrogen (secondary N) is 1. The van der Waals surface area contributed by atoms with Gasteiger partial charge in [0.2, 0.25) is 0 Å². The number of halogens is 1. The van der Waals surface area contributed by atoms with Gasteiger partial charge in [-0.1, -0.05) is 12.1 Å². The van der Waals surface area contributed by atoms with E-state index in [4.69, 9.17) is 9.97 Å². The summed E-state index contributed by atoms with van der Waals surface area (Å²) in [6.45, 7) is 2.86. The molecule has 7 heteroatoms.